The van der Waals surface area contributed by atoms with Crippen LogP contribution in [0.2, 0.25) is 0 Å². The molecule has 1 aromatic carbocycles. The van der Waals surface area contributed by atoms with Crippen LogP contribution in [0.1, 0.15) is 28.8 Å². The minimum Gasteiger partial charge on any atom is -0.481 e. The Morgan fingerprint density at radius 3 is 2.77 bits per heavy atom. The molecule has 0 aliphatic heterocycles. The smallest absolute Gasteiger partial charge is 0.309 e. The van der Waals surface area contributed by atoms with Crippen LogP contribution in [0.15, 0.2) is 23.6 Å². The maximum atomic E-state index is 12.2. The topological polar surface area (TPSA) is 79.3 Å². The lowest BCUT2D eigenvalue weighted by molar-refractivity contribution is -0.136. The lowest BCUT2D eigenvalue weighted by Crippen LogP contribution is -2.16. The molecule has 0 saturated heterocycles. The molecule has 1 aromatic heterocycles. The SMILES string of the molecule is CCc1cccc(C)c1NC(=O)Cc1nc(CC(=O)O)cs1. The lowest BCUT2D eigenvalue weighted by atomic mass is 10.1. The Morgan fingerprint density at radius 1 is 1.32 bits per heavy atom. The molecule has 1 amide bonds. The highest BCUT2D eigenvalue weighted by atomic mass is 32.1. The summed E-state index contributed by atoms with van der Waals surface area (Å²) in [5, 5.41) is 14.0. The number of carboxylic acids is 1. The van der Waals surface area contributed by atoms with E-state index in [2.05, 4.69) is 10.3 Å². The van der Waals surface area contributed by atoms with Crippen molar-refractivity contribution in [2.75, 3.05) is 5.32 Å². The normalized spacial score (nSPS) is 10.5. The molecule has 1 heterocycles. The molecule has 116 valence electrons. The van der Waals surface area contributed by atoms with Crippen LogP contribution in [0.25, 0.3) is 0 Å². The van der Waals surface area contributed by atoms with Crippen LogP contribution in [0.3, 0.4) is 0 Å². The second-order valence-corrected chi connectivity index (χ2v) is 5.93. The number of carbonyl (C=O) groups excluding carboxylic acids is 1. The highest BCUT2D eigenvalue weighted by Gasteiger charge is 2.12. The zero-order valence-corrected chi connectivity index (χ0v) is 13.4. The van der Waals surface area contributed by atoms with Gasteiger partial charge in [-0.05, 0) is 24.5 Å². The van der Waals surface area contributed by atoms with Gasteiger partial charge >= 0.3 is 5.97 Å². The fourth-order valence-electron chi connectivity index (χ4n) is 2.19. The standard InChI is InChI=1S/C16H18N2O3S/c1-3-11-6-4-5-10(2)16(11)18-13(19)8-14-17-12(9-22-14)7-15(20)21/h4-6,9H,3,7-8H2,1-2H3,(H,18,19)(H,20,21). The van der Waals surface area contributed by atoms with Gasteiger partial charge in [0.05, 0.1) is 18.5 Å². The highest BCUT2D eigenvalue weighted by molar-refractivity contribution is 7.09. The van der Waals surface area contributed by atoms with E-state index in [1.807, 2.05) is 32.0 Å². The number of anilines is 1. The Kier molecular flexibility index (Phi) is 5.27. The number of aromatic nitrogens is 1. The molecule has 0 aliphatic rings. The molecule has 0 spiro atoms. The summed E-state index contributed by atoms with van der Waals surface area (Å²) in [6, 6.07) is 5.93. The van der Waals surface area contributed by atoms with E-state index in [0.29, 0.717) is 10.7 Å². The van der Waals surface area contributed by atoms with Crippen LogP contribution < -0.4 is 5.32 Å². The number of rotatable bonds is 6. The third-order valence-corrected chi connectivity index (χ3v) is 4.15. The first-order valence-electron chi connectivity index (χ1n) is 7.03. The first-order valence-corrected chi connectivity index (χ1v) is 7.91. The fraction of sp³-hybridized carbons (Fsp3) is 0.312. The molecule has 2 N–H and O–H groups in total. The average Bonchev–Trinajstić information content (AvgIpc) is 2.87. The third-order valence-electron chi connectivity index (χ3n) is 3.25. The van der Waals surface area contributed by atoms with Crippen LogP contribution in [-0.2, 0) is 28.9 Å². The predicted molar refractivity (Wildman–Crippen MR) is 86.3 cm³/mol. The van der Waals surface area contributed by atoms with Crippen LogP contribution in [-0.4, -0.2) is 22.0 Å². The summed E-state index contributed by atoms with van der Waals surface area (Å²) in [5.41, 5.74) is 3.47. The van der Waals surface area contributed by atoms with Crippen molar-refractivity contribution < 1.29 is 14.7 Å². The number of carboxylic acid groups (broad SMARTS) is 1. The summed E-state index contributed by atoms with van der Waals surface area (Å²) < 4.78 is 0. The number of aryl methyl sites for hydroxylation is 2. The van der Waals surface area contributed by atoms with E-state index in [0.717, 1.165) is 23.2 Å². The Bertz CT molecular complexity index is 694. The number of nitrogens with one attached hydrogen (secondary N) is 1. The van der Waals surface area contributed by atoms with Gasteiger partial charge in [-0.1, -0.05) is 25.1 Å². The van der Waals surface area contributed by atoms with Gasteiger partial charge in [-0.2, -0.15) is 0 Å². The van der Waals surface area contributed by atoms with Gasteiger partial charge in [0.15, 0.2) is 0 Å². The first kappa shape index (κ1) is 16.2. The van der Waals surface area contributed by atoms with E-state index < -0.39 is 5.97 Å². The minimum absolute atomic E-state index is 0.115. The van der Waals surface area contributed by atoms with Crippen molar-refractivity contribution in [3.63, 3.8) is 0 Å². The van der Waals surface area contributed by atoms with Crippen LogP contribution in [0.5, 0.6) is 0 Å². The third kappa shape index (κ3) is 4.14. The molecule has 5 nitrogen and oxygen atoms in total. The summed E-state index contributed by atoms with van der Waals surface area (Å²) in [6.45, 7) is 4.01. The summed E-state index contributed by atoms with van der Waals surface area (Å²) in [6.07, 6.45) is 0.884. The van der Waals surface area contributed by atoms with E-state index in [4.69, 9.17) is 5.11 Å². The van der Waals surface area contributed by atoms with Gasteiger partial charge in [-0.15, -0.1) is 11.3 Å². The summed E-state index contributed by atoms with van der Waals surface area (Å²) in [7, 11) is 0. The zero-order valence-electron chi connectivity index (χ0n) is 12.5. The number of hydrogen-bond donors (Lipinski definition) is 2. The van der Waals surface area contributed by atoms with E-state index in [9.17, 15) is 9.59 Å². The lowest BCUT2D eigenvalue weighted by Gasteiger charge is -2.12. The van der Waals surface area contributed by atoms with Gasteiger partial charge in [0.25, 0.3) is 0 Å². The number of carbonyl (C=O) groups is 2. The zero-order chi connectivity index (χ0) is 16.1. The highest BCUT2D eigenvalue weighted by Crippen LogP contribution is 2.21. The molecule has 0 fully saturated rings. The van der Waals surface area contributed by atoms with Gasteiger partial charge in [-0.3, -0.25) is 9.59 Å². The Morgan fingerprint density at radius 2 is 2.09 bits per heavy atom. The number of hydrogen-bond acceptors (Lipinski definition) is 4. The molecule has 0 aliphatic carbocycles. The second-order valence-electron chi connectivity index (χ2n) is 4.99. The van der Waals surface area contributed by atoms with Crippen molar-refractivity contribution in [3.05, 3.63) is 45.4 Å². The van der Waals surface area contributed by atoms with Crippen LogP contribution >= 0.6 is 11.3 Å². The van der Waals surface area contributed by atoms with Crippen molar-refractivity contribution >= 4 is 28.9 Å². The quantitative estimate of drug-likeness (QED) is 0.858. The van der Waals surface area contributed by atoms with Crippen LogP contribution in [0, 0.1) is 6.92 Å². The van der Waals surface area contributed by atoms with Gasteiger partial charge in [0.1, 0.15) is 5.01 Å². The van der Waals surface area contributed by atoms with E-state index in [1.54, 1.807) is 5.38 Å². The maximum absolute atomic E-state index is 12.2. The molecule has 0 atom stereocenters. The van der Waals surface area contributed by atoms with Crippen molar-refractivity contribution in [1.82, 2.24) is 4.98 Å². The Hall–Kier alpha value is -2.21. The Labute approximate surface area is 133 Å². The molecule has 6 heteroatoms. The van der Waals surface area contributed by atoms with E-state index in [1.165, 1.54) is 11.3 Å². The maximum Gasteiger partial charge on any atom is 0.309 e. The number of para-hydroxylation sites is 1. The molecule has 0 radical (unpaired) electrons. The van der Waals surface area contributed by atoms with E-state index >= 15 is 0 Å². The van der Waals surface area contributed by atoms with Gasteiger partial charge in [0.2, 0.25) is 5.91 Å². The van der Waals surface area contributed by atoms with Crippen molar-refractivity contribution in [2.24, 2.45) is 0 Å². The number of benzene rings is 1. The number of nitrogens with zero attached hydrogens (tertiary/aromatic N) is 1. The van der Waals surface area contributed by atoms with Crippen molar-refractivity contribution in [3.8, 4) is 0 Å². The van der Waals surface area contributed by atoms with E-state index in [-0.39, 0.29) is 18.7 Å². The fourth-order valence-corrected chi connectivity index (χ4v) is 2.98. The summed E-state index contributed by atoms with van der Waals surface area (Å²) in [5.74, 6) is -1.06. The molecule has 2 aromatic rings. The van der Waals surface area contributed by atoms with Crippen molar-refractivity contribution in [1.29, 1.82) is 0 Å². The monoisotopic (exact) mass is 318 g/mol. The van der Waals surface area contributed by atoms with Gasteiger partial charge in [0, 0.05) is 11.1 Å². The van der Waals surface area contributed by atoms with Crippen molar-refractivity contribution in [2.45, 2.75) is 33.1 Å². The second kappa shape index (κ2) is 7.17. The molecule has 22 heavy (non-hydrogen) atoms. The molecule has 0 saturated carbocycles. The molecular formula is C16H18N2O3S. The number of thiazole rings is 1. The van der Waals surface area contributed by atoms with Gasteiger partial charge in [-0.25, -0.2) is 4.98 Å². The molecular weight excluding hydrogens is 300 g/mol. The molecule has 2 rings (SSSR count). The largest absolute Gasteiger partial charge is 0.481 e. The summed E-state index contributed by atoms with van der Waals surface area (Å²) >= 11 is 1.31. The van der Waals surface area contributed by atoms with Gasteiger partial charge < -0.3 is 10.4 Å². The Balaban J connectivity index is 2.04. The predicted octanol–water partition coefficient (Wildman–Crippen LogP) is 2.82. The number of amides is 1. The number of aliphatic carboxylic acids is 1. The first-order chi connectivity index (χ1) is 10.5. The molecule has 0 unspecified atom stereocenters. The average molecular weight is 318 g/mol. The minimum atomic E-state index is -0.922. The molecule has 0 bridgehead atoms. The van der Waals surface area contributed by atoms with Crippen LogP contribution in [0.4, 0.5) is 5.69 Å². The summed E-state index contributed by atoms with van der Waals surface area (Å²) in [4.78, 5) is 27.0.